The third-order valence-electron chi connectivity index (χ3n) is 2.28. The zero-order chi connectivity index (χ0) is 11.5. The van der Waals surface area contributed by atoms with E-state index in [1.807, 2.05) is 12.1 Å². The van der Waals surface area contributed by atoms with Gasteiger partial charge in [-0.3, -0.25) is 0 Å². The van der Waals surface area contributed by atoms with Gasteiger partial charge in [0, 0.05) is 11.4 Å². The summed E-state index contributed by atoms with van der Waals surface area (Å²) in [5, 5.41) is 9.34. The number of carbonyl (C=O) groups is 1. The number of benzene rings is 1. The van der Waals surface area contributed by atoms with E-state index < -0.39 is 5.97 Å². The van der Waals surface area contributed by atoms with Gasteiger partial charge < -0.3 is 9.84 Å². The van der Waals surface area contributed by atoms with Gasteiger partial charge in [0.15, 0.2) is 0 Å². The predicted molar refractivity (Wildman–Crippen MR) is 60.0 cm³/mol. The van der Waals surface area contributed by atoms with Crippen LogP contribution in [0, 0.1) is 0 Å². The molecule has 1 atom stereocenters. The van der Waals surface area contributed by atoms with Crippen molar-refractivity contribution in [1.82, 2.24) is 0 Å². The van der Waals surface area contributed by atoms with Crippen LogP contribution < -0.4 is 0 Å². The number of carboxylic acid groups (broad SMARTS) is 1. The van der Waals surface area contributed by atoms with E-state index in [1.54, 1.807) is 12.1 Å². The number of carboxylic acids is 1. The summed E-state index contributed by atoms with van der Waals surface area (Å²) >= 11 is 5.76. The van der Waals surface area contributed by atoms with E-state index >= 15 is 0 Å². The fourth-order valence-electron chi connectivity index (χ4n) is 1.52. The van der Waals surface area contributed by atoms with Gasteiger partial charge in [-0.25, -0.2) is 9.79 Å². The van der Waals surface area contributed by atoms with Gasteiger partial charge in [-0.2, -0.15) is 0 Å². The van der Waals surface area contributed by atoms with E-state index in [2.05, 4.69) is 4.99 Å². The summed E-state index contributed by atoms with van der Waals surface area (Å²) in [6, 6.07) is 7.38. The SMILES string of the molecule is O=C(O)C1=NCC(Cc2ccc(Cl)cc2)O1. The molecular weight excluding hydrogens is 230 g/mol. The van der Waals surface area contributed by atoms with Gasteiger partial charge in [-0.05, 0) is 17.7 Å². The molecule has 2 rings (SSSR count). The van der Waals surface area contributed by atoms with Crippen LogP contribution in [-0.4, -0.2) is 29.6 Å². The molecule has 16 heavy (non-hydrogen) atoms. The molecule has 1 aliphatic heterocycles. The molecule has 4 nitrogen and oxygen atoms in total. The van der Waals surface area contributed by atoms with Crippen LogP contribution in [0.4, 0.5) is 0 Å². The van der Waals surface area contributed by atoms with E-state index in [1.165, 1.54) is 0 Å². The molecule has 1 aliphatic rings. The minimum atomic E-state index is -1.11. The average molecular weight is 240 g/mol. The lowest BCUT2D eigenvalue weighted by molar-refractivity contribution is -0.131. The number of aliphatic carboxylic acids is 1. The Bertz CT molecular complexity index is 427. The second-order valence-corrected chi connectivity index (χ2v) is 3.96. The van der Waals surface area contributed by atoms with Gasteiger partial charge in [0.05, 0.1) is 6.54 Å². The fraction of sp³-hybridized carbons (Fsp3) is 0.273. The number of halogens is 1. The second-order valence-electron chi connectivity index (χ2n) is 3.52. The third-order valence-corrected chi connectivity index (χ3v) is 2.53. The Balaban J connectivity index is 1.94. The van der Waals surface area contributed by atoms with E-state index in [-0.39, 0.29) is 12.0 Å². The van der Waals surface area contributed by atoms with Gasteiger partial charge in [0.25, 0.3) is 5.90 Å². The number of nitrogens with zero attached hydrogens (tertiary/aromatic N) is 1. The van der Waals surface area contributed by atoms with Crippen molar-refractivity contribution >= 4 is 23.5 Å². The zero-order valence-electron chi connectivity index (χ0n) is 8.39. The van der Waals surface area contributed by atoms with Gasteiger partial charge >= 0.3 is 5.97 Å². The Hall–Kier alpha value is -1.55. The van der Waals surface area contributed by atoms with Crippen LogP contribution in [0.25, 0.3) is 0 Å². The number of ether oxygens (including phenoxy) is 1. The Kier molecular flexibility index (Phi) is 3.10. The molecule has 0 spiro atoms. The maximum Gasteiger partial charge on any atom is 0.391 e. The Morgan fingerprint density at radius 3 is 2.75 bits per heavy atom. The van der Waals surface area contributed by atoms with E-state index in [4.69, 9.17) is 21.4 Å². The van der Waals surface area contributed by atoms with Crippen molar-refractivity contribution in [2.75, 3.05) is 6.54 Å². The monoisotopic (exact) mass is 239 g/mol. The highest BCUT2D eigenvalue weighted by Crippen LogP contribution is 2.15. The summed E-state index contributed by atoms with van der Waals surface area (Å²) in [5.74, 6) is -1.31. The molecule has 0 radical (unpaired) electrons. The maximum absolute atomic E-state index is 10.6. The van der Waals surface area contributed by atoms with Crippen LogP contribution >= 0.6 is 11.6 Å². The summed E-state index contributed by atoms with van der Waals surface area (Å²) in [5.41, 5.74) is 1.05. The first-order chi connectivity index (χ1) is 7.65. The standard InChI is InChI=1S/C11H10ClNO3/c12-8-3-1-7(2-4-8)5-9-6-13-10(16-9)11(14)15/h1-4,9H,5-6H2,(H,14,15). The second kappa shape index (κ2) is 4.53. The highest BCUT2D eigenvalue weighted by atomic mass is 35.5. The number of rotatable bonds is 3. The van der Waals surface area contributed by atoms with Gasteiger partial charge in [0.1, 0.15) is 6.10 Å². The van der Waals surface area contributed by atoms with Crippen molar-refractivity contribution < 1.29 is 14.6 Å². The quantitative estimate of drug-likeness (QED) is 0.875. The van der Waals surface area contributed by atoms with Crippen molar-refractivity contribution in [1.29, 1.82) is 0 Å². The zero-order valence-corrected chi connectivity index (χ0v) is 9.15. The minimum Gasteiger partial charge on any atom is -0.474 e. The molecule has 1 aromatic carbocycles. The topological polar surface area (TPSA) is 58.9 Å². The van der Waals surface area contributed by atoms with Crippen LogP contribution in [0.15, 0.2) is 29.3 Å². The van der Waals surface area contributed by atoms with E-state index in [9.17, 15) is 4.79 Å². The molecule has 0 saturated heterocycles. The lowest BCUT2D eigenvalue weighted by atomic mass is 10.1. The van der Waals surface area contributed by atoms with Gasteiger partial charge in [-0.15, -0.1) is 0 Å². The summed E-state index contributed by atoms with van der Waals surface area (Å²) in [4.78, 5) is 14.4. The molecule has 0 saturated carbocycles. The number of aliphatic imine (C=N–C) groups is 1. The minimum absolute atomic E-state index is 0.188. The molecule has 5 heteroatoms. The summed E-state index contributed by atoms with van der Waals surface area (Å²) < 4.78 is 5.17. The van der Waals surface area contributed by atoms with Crippen LogP contribution in [0.1, 0.15) is 5.56 Å². The molecule has 1 unspecified atom stereocenters. The van der Waals surface area contributed by atoms with E-state index in [0.717, 1.165) is 5.56 Å². The molecule has 1 N–H and O–H groups in total. The highest BCUT2D eigenvalue weighted by molar-refractivity contribution is 6.32. The van der Waals surface area contributed by atoms with Crippen molar-refractivity contribution in [2.24, 2.45) is 4.99 Å². The van der Waals surface area contributed by atoms with Gasteiger partial charge in [-0.1, -0.05) is 23.7 Å². The molecule has 1 aromatic rings. The van der Waals surface area contributed by atoms with E-state index in [0.29, 0.717) is 18.0 Å². The third kappa shape index (κ3) is 2.52. The van der Waals surface area contributed by atoms with Crippen molar-refractivity contribution in [3.05, 3.63) is 34.9 Å². The largest absolute Gasteiger partial charge is 0.474 e. The number of hydrogen-bond donors (Lipinski definition) is 1. The summed E-state index contributed by atoms with van der Waals surface area (Å²) in [6.45, 7) is 0.393. The Morgan fingerprint density at radius 2 is 2.19 bits per heavy atom. The average Bonchev–Trinajstić information content (AvgIpc) is 2.70. The highest BCUT2D eigenvalue weighted by Gasteiger charge is 2.24. The van der Waals surface area contributed by atoms with Crippen LogP contribution in [0.5, 0.6) is 0 Å². The molecule has 0 aliphatic carbocycles. The Labute approximate surface area is 97.5 Å². The summed E-state index contributed by atoms with van der Waals surface area (Å²) in [6.07, 6.45) is 0.449. The lowest BCUT2D eigenvalue weighted by Crippen LogP contribution is -2.20. The fourth-order valence-corrected chi connectivity index (χ4v) is 1.65. The molecule has 0 aromatic heterocycles. The molecule has 1 heterocycles. The molecule has 0 fully saturated rings. The normalized spacial score (nSPS) is 19.1. The van der Waals surface area contributed by atoms with Crippen molar-refractivity contribution in [2.45, 2.75) is 12.5 Å². The Morgan fingerprint density at radius 1 is 1.50 bits per heavy atom. The first-order valence-electron chi connectivity index (χ1n) is 4.84. The van der Waals surface area contributed by atoms with Crippen LogP contribution in [0.2, 0.25) is 5.02 Å². The van der Waals surface area contributed by atoms with Crippen LogP contribution in [0.3, 0.4) is 0 Å². The predicted octanol–water partition coefficient (Wildman–Crippen LogP) is 1.76. The molecular formula is C11H10ClNO3. The molecule has 0 amide bonds. The van der Waals surface area contributed by atoms with Crippen molar-refractivity contribution in [3.8, 4) is 0 Å². The maximum atomic E-state index is 10.6. The first-order valence-corrected chi connectivity index (χ1v) is 5.22. The lowest BCUT2D eigenvalue weighted by Gasteiger charge is -2.09. The molecule has 84 valence electrons. The molecule has 0 bridgehead atoms. The van der Waals surface area contributed by atoms with Crippen LogP contribution in [-0.2, 0) is 16.0 Å². The van der Waals surface area contributed by atoms with Crippen molar-refractivity contribution in [3.63, 3.8) is 0 Å². The smallest absolute Gasteiger partial charge is 0.391 e. The first kappa shape index (κ1) is 11.0. The van der Waals surface area contributed by atoms with Gasteiger partial charge in [0.2, 0.25) is 0 Å². The summed E-state index contributed by atoms with van der Waals surface area (Å²) in [7, 11) is 0. The number of hydrogen-bond acceptors (Lipinski definition) is 3.